The summed E-state index contributed by atoms with van der Waals surface area (Å²) in [5, 5.41) is 0.710. The summed E-state index contributed by atoms with van der Waals surface area (Å²) in [6, 6.07) is 0. The fourth-order valence-electron chi connectivity index (χ4n) is 4.84. The molecule has 0 N–H and O–H groups in total. The summed E-state index contributed by atoms with van der Waals surface area (Å²) in [6.07, 6.45) is 17.6. The summed E-state index contributed by atoms with van der Waals surface area (Å²) in [4.78, 5) is 0. The Morgan fingerprint density at radius 2 is 1.40 bits per heavy atom. The molecule has 0 radical (unpaired) electrons. The zero-order valence-electron chi connectivity index (χ0n) is 13.8. The second-order valence-corrected chi connectivity index (χ2v) is 8.38. The van der Waals surface area contributed by atoms with Gasteiger partial charge in [0.1, 0.15) is 0 Å². The molecule has 0 nitrogen and oxygen atoms in total. The highest BCUT2D eigenvalue weighted by atomic mass is 32.1. The van der Waals surface area contributed by atoms with E-state index in [1.807, 2.05) is 0 Å². The first-order chi connectivity index (χ1) is 9.72. The quantitative estimate of drug-likeness (QED) is 0.531. The third-order valence-electron chi connectivity index (χ3n) is 6.24. The van der Waals surface area contributed by atoms with Crippen molar-refractivity contribution in [1.29, 1.82) is 0 Å². The van der Waals surface area contributed by atoms with Crippen LogP contribution in [0.5, 0.6) is 0 Å². The zero-order valence-corrected chi connectivity index (χ0v) is 14.7. The Morgan fingerprint density at radius 1 is 0.850 bits per heavy atom. The lowest BCUT2D eigenvalue weighted by Gasteiger charge is -2.37. The van der Waals surface area contributed by atoms with Gasteiger partial charge < -0.3 is 0 Å². The van der Waals surface area contributed by atoms with Crippen LogP contribution in [0.25, 0.3) is 0 Å². The third-order valence-corrected chi connectivity index (χ3v) is 6.76. The Balaban J connectivity index is 1.69. The van der Waals surface area contributed by atoms with Gasteiger partial charge in [-0.2, -0.15) is 12.6 Å². The molecule has 0 aromatic rings. The Morgan fingerprint density at radius 3 is 1.90 bits per heavy atom. The molecular formula is C19H36S. The Hall–Kier alpha value is 0.350. The standard InChI is InChI=1S/C19H36S/c1-3-5-15(4-2)14-16-6-8-17(9-7-16)18-10-12-19(20)13-11-18/h15-20H,3-14H2,1-2H3. The van der Waals surface area contributed by atoms with Gasteiger partial charge in [-0.25, -0.2) is 0 Å². The van der Waals surface area contributed by atoms with E-state index in [2.05, 4.69) is 26.5 Å². The average Bonchev–Trinajstić information content (AvgIpc) is 2.48. The summed E-state index contributed by atoms with van der Waals surface area (Å²) in [6.45, 7) is 4.74. The molecule has 0 aromatic heterocycles. The van der Waals surface area contributed by atoms with Crippen LogP contribution in [0, 0.1) is 23.7 Å². The summed E-state index contributed by atoms with van der Waals surface area (Å²) < 4.78 is 0. The van der Waals surface area contributed by atoms with Crippen LogP contribution in [-0.2, 0) is 0 Å². The lowest BCUT2D eigenvalue weighted by molar-refractivity contribution is 0.154. The molecule has 1 heteroatoms. The Labute approximate surface area is 132 Å². The average molecular weight is 297 g/mol. The molecule has 1 unspecified atom stereocenters. The molecule has 2 fully saturated rings. The SMILES string of the molecule is CCCC(CC)CC1CCC(C2CCC(S)CC2)CC1. The van der Waals surface area contributed by atoms with Crippen LogP contribution in [0.4, 0.5) is 0 Å². The topological polar surface area (TPSA) is 0 Å². The summed E-state index contributed by atoms with van der Waals surface area (Å²) in [7, 11) is 0. The van der Waals surface area contributed by atoms with Gasteiger partial charge in [-0.1, -0.05) is 46.0 Å². The molecule has 0 aliphatic heterocycles. The van der Waals surface area contributed by atoms with Crippen LogP contribution >= 0.6 is 12.6 Å². The van der Waals surface area contributed by atoms with Crippen molar-refractivity contribution in [2.45, 2.75) is 96.1 Å². The molecule has 2 saturated carbocycles. The predicted octanol–water partition coefficient (Wildman–Crippen LogP) is 6.50. The van der Waals surface area contributed by atoms with E-state index in [4.69, 9.17) is 0 Å². The number of hydrogen-bond donors (Lipinski definition) is 1. The monoisotopic (exact) mass is 296 g/mol. The van der Waals surface area contributed by atoms with Gasteiger partial charge in [-0.05, 0) is 68.6 Å². The van der Waals surface area contributed by atoms with Gasteiger partial charge in [-0.3, -0.25) is 0 Å². The van der Waals surface area contributed by atoms with Crippen molar-refractivity contribution in [3.8, 4) is 0 Å². The highest BCUT2D eigenvalue weighted by Crippen LogP contribution is 2.42. The lowest BCUT2D eigenvalue weighted by atomic mass is 9.69. The molecule has 0 amide bonds. The predicted molar refractivity (Wildman–Crippen MR) is 93.5 cm³/mol. The first-order valence-electron chi connectivity index (χ1n) is 9.40. The molecule has 2 rings (SSSR count). The molecule has 2 aliphatic carbocycles. The van der Waals surface area contributed by atoms with E-state index in [1.54, 1.807) is 0 Å². The number of rotatable bonds is 6. The molecule has 0 spiro atoms. The van der Waals surface area contributed by atoms with E-state index >= 15 is 0 Å². The first-order valence-corrected chi connectivity index (χ1v) is 9.92. The van der Waals surface area contributed by atoms with E-state index in [0.29, 0.717) is 5.25 Å². The molecule has 118 valence electrons. The maximum absolute atomic E-state index is 4.65. The first kappa shape index (κ1) is 16.7. The molecule has 20 heavy (non-hydrogen) atoms. The van der Waals surface area contributed by atoms with E-state index in [9.17, 15) is 0 Å². The minimum atomic E-state index is 0.710. The van der Waals surface area contributed by atoms with Crippen molar-refractivity contribution < 1.29 is 0 Å². The van der Waals surface area contributed by atoms with Crippen molar-refractivity contribution in [3.05, 3.63) is 0 Å². The van der Waals surface area contributed by atoms with Crippen molar-refractivity contribution in [1.82, 2.24) is 0 Å². The Bertz CT molecular complexity index is 246. The van der Waals surface area contributed by atoms with Crippen LogP contribution in [-0.4, -0.2) is 5.25 Å². The second kappa shape index (κ2) is 8.71. The maximum atomic E-state index is 4.65. The minimum absolute atomic E-state index is 0.710. The minimum Gasteiger partial charge on any atom is -0.176 e. The zero-order chi connectivity index (χ0) is 14.4. The Kier molecular flexibility index (Phi) is 7.28. The van der Waals surface area contributed by atoms with Crippen molar-refractivity contribution in [2.24, 2.45) is 23.7 Å². The summed E-state index contributed by atoms with van der Waals surface area (Å²) in [5.41, 5.74) is 0. The smallest absolute Gasteiger partial charge is 0.00170 e. The van der Waals surface area contributed by atoms with Crippen LogP contribution in [0.3, 0.4) is 0 Å². The van der Waals surface area contributed by atoms with Gasteiger partial charge >= 0.3 is 0 Å². The largest absolute Gasteiger partial charge is 0.176 e. The third kappa shape index (κ3) is 4.97. The van der Waals surface area contributed by atoms with Gasteiger partial charge in [-0.15, -0.1) is 0 Å². The normalized spacial score (nSPS) is 36.8. The van der Waals surface area contributed by atoms with Gasteiger partial charge in [0.15, 0.2) is 0 Å². The highest BCUT2D eigenvalue weighted by Gasteiger charge is 2.30. The van der Waals surface area contributed by atoms with Crippen LogP contribution < -0.4 is 0 Å². The maximum Gasteiger partial charge on any atom is 0.00170 e. The number of hydrogen-bond acceptors (Lipinski definition) is 1. The molecule has 0 bridgehead atoms. The summed E-state index contributed by atoms with van der Waals surface area (Å²) >= 11 is 4.65. The van der Waals surface area contributed by atoms with Gasteiger partial charge in [0.2, 0.25) is 0 Å². The fourth-order valence-corrected chi connectivity index (χ4v) is 5.13. The van der Waals surface area contributed by atoms with Crippen LogP contribution in [0.2, 0.25) is 0 Å². The van der Waals surface area contributed by atoms with Crippen molar-refractivity contribution in [2.75, 3.05) is 0 Å². The lowest BCUT2D eigenvalue weighted by Crippen LogP contribution is -2.26. The van der Waals surface area contributed by atoms with E-state index < -0.39 is 0 Å². The van der Waals surface area contributed by atoms with E-state index in [0.717, 1.165) is 23.7 Å². The molecule has 0 heterocycles. The van der Waals surface area contributed by atoms with Crippen LogP contribution in [0.1, 0.15) is 90.9 Å². The fraction of sp³-hybridized carbons (Fsp3) is 1.00. The molecule has 2 aliphatic rings. The van der Waals surface area contributed by atoms with E-state index in [-0.39, 0.29) is 0 Å². The van der Waals surface area contributed by atoms with Gasteiger partial charge in [0.05, 0.1) is 0 Å². The molecule has 0 aromatic carbocycles. The van der Waals surface area contributed by atoms with Gasteiger partial charge in [0.25, 0.3) is 0 Å². The highest BCUT2D eigenvalue weighted by molar-refractivity contribution is 7.80. The number of thiol groups is 1. The van der Waals surface area contributed by atoms with E-state index in [1.165, 1.54) is 77.0 Å². The molecule has 1 atom stereocenters. The second-order valence-electron chi connectivity index (χ2n) is 7.65. The van der Waals surface area contributed by atoms with Crippen molar-refractivity contribution >= 4 is 12.6 Å². The van der Waals surface area contributed by atoms with Crippen LogP contribution in [0.15, 0.2) is 0 Å². The van der Waals surface area contributed by atoms with Crippen molar-refractivity contribution in [3.63, 3.8) is 0 Å². The molecular weight excluding hydrogens is 260 g/mol. The van der Waals surface area contributed by atoms with Gasteiger partial charge in [0, 0.05) is 5.25 Å². The molecule has 0 saturated heterocycles. The summed E-state index contributed by atoms with van der Waals surface area (Å²) in [5.74, 6) is 4.19.